The SMILES string of the molecule is CCCC1CCc2c(sc(NC(=O)c3cc(-c4cccs4)nc4ccccc34)c2C(N)=O)C1. The highest BCUT2D eigenvalue weighted by molar-refractivity contribution is 7.17. The summed E-state index contributed by atoms with van der Waals surface area (Å²) in [6.45, 7) is 2.20. The summed E-state index contributed by atoms with van der Waals surface area (Å²) in [5.74, 6) is -0.101. The monoisotopic (exact) mass is 475 g/mol. The van der Waals surface area contributed by atoms with Gasteiger partial charge in [0.25, 0.3) is 11.8 Å². The number of nitrogens with two attached hydrogens (primary N) is 1. The minimum absolute atomic E-state index is 0.252. The van der Waals surface area contributed by atoms with E-state index in [9.17, 15) is 9.59 Å². The average molecular weight is 476 g/mol. The molecule has 1 aromatic carbocycles. The molecule has 0 spiro atoms. The van der Waals surface area contributed by atoms with Gasteiger partial charge in [-0.1, -0.05) is 44.0 Å². The van der Waals surface area contributed by atoms with Crippen molar-refractivity contribution in [1.82, 2.24) is 4.98 Å². The van der Waals surface area contributed by atoms with Crippen LogP contribution in [-0.4, -0.2) is 16.8 Å². The third-order valence-electron chi connectivity index (χ3n) is 6.27. The van der Waals surface area contributed by atoms with Crippen LogP contribution >= 0.6 is 22.7 Å². The van der Waals surface area contributed by atoms with Gasteiger partial charge in [0.1, 0.15) is 5.00 Å². The summed E-state index contributed by atoms with van der Waals surface area (Å²) in [6.07, 6.45) is 5.18. The summed E-state index contributed by atoms with van der Waals surface area (Å²) in [5.41, 5.74) is 9.34. The molecule has 0 fully saturated rings. The van der Waals surface area contributed by atoms with E-state index in [4.69, 9.17) is 10.7 Å². The largest absolute Gasteiger partial charge is 0.365 e. The van der Waals surface area contributed by atoms with Crippen LogP contribution in [0.1, 0.15) is 57.3 Å². The van der Waals surface area contributed by atoms with E-state index in [1.807, 2.05) is 47.8 Å². The molecule has 0 bridgehead atoms. The van der Waals surface area contributed by atoms with Crippen molar-refractivity contribution in [1.29, 1.82) is 0 Å². The van der Waals surface area contributed by atoms with Crippen molar-refractivity contribution >= 4 is 50.4 Å². The molecule has 168 valence electrons. The van der Waals surface area contributed by atoms with E-state index < -0.39 is 5.91 Å². The number of amides is 2. The molecule has 1 unspecified atom stereocenters. The molecule has 3 aromatic heterocycles. The number of primary amides is 1. The molecule has 0 aliphatic heterocycles. The fourth-order valence-corrected chi connectivity index (χ4v) is 6.79. The van der Waals surface area contributed by atoms with Crippen LogP contribution in [0.15, 0.2) is 47.8 Å². The molecule has 1 aliphatic rings. The van der Waals surface area contributed by atoms with Crippen molar-refractivity contribution in [2.24, 2.45) is 11.7 Å². The number of pyridine rings is 1. The Morgan fingerprint density at radius 1 is 1.21 bits per heavy atom. The van der Waals surface area contributed by atoms with Gasteiger partial charge in [0.05, 0.1) is 27.2 Å². The minimum atomic E-state index is -0.476. The summed E-state index contributed by atoms with van der Waals surface area (Å²) in [6, 6.07) is 13.4. The molecule has 5 nitrogen and oxygen atoms in total. The van der Waals surface area contributed by atoms with E-state index >= 15 is 0 Å². The summed E-state index contributed by atoms with van der Waals surface area (Å²) in [7, 11) is 0. The Balaban J connectivity index is 1.54. The summed E-state index contributed by atoms with van der Waals surface area (Å²) < 4.78 is 0. The van der Waals surface area contributed by atoms with E-state index in [-0.39, 0.29) is 5.91 Å². The number of nitrogens with one attached hydrogen (secondary N) is 1. The molecule has 33 heavy (non-hydrogen) atoms. The molecule has 5 rings (SSSR count). The van der Waals surface area contributed by atoms with Gasteiger partial charge in [0.2, 0.25) is 0 Å². The van der Waals surface area contributed by atoms with Crippen LogP contribution in [0.5, 0.6) is 0 Å². The topological polar surface area (TPSA) is 85.1 Å². The molecule has 4 aromatic rings. The first-order valence-corrected chi connectivity index (χ1v) is 12.9. The number of anilines is 1. The van der Waals surface area contributed by atoms with Crippen LogP contribution < -0.4 is 11.1 Å². The minimum Gasteiger partial charge on any atom is -0.365 e. The second-order valence-corrected chi connectivity index (χ2v) is 10.5. The second kappa shape index (κ2) is 9.08. The maximum Gasteiger partial charge on any atom is 0.257 e. The molecular weight excluding hydrogens is 450 g/mol. The van der Waals surface area contributed by atoms with Gasteiger partial charge in [-0.2, -0.15) is 0 Å². The van der Waals surface area contributed by atoms with Gasteiger partial charge >= 0.3 is 0 Å². The second-order valence-electron chi connectivity index (χ2n) is 8.47. The van der Waals surface area contributed by atoms with Crippen LogP contribution in [0.3, 0.4) is 0 Å². The van der Waals surface area contributed by atoms with Crippen molar-refractivity contribution in [2.75, 3.05) is 5.32 Å². The molecule has 3 N–H and O–H groups in total. The smallest absolute Gasteiger partial charge is 0.257 e. The quantitative estimate of drug-likeness (QED) is 0.344. The Labute approximate surface area is 200 Å². The Hall–Kier alpha value is -3.03. The van der Waals surface area contributed by atoms with E-state index in [2.05, 4.69) is 12.2 Å². The predicted octanol–water partition coefficient (Wildman–Crippen LogP) is 6.28. The maximum absolute atomic E-state index is 13.5. The molecule has 1 atom stereocenters. The van der Waals surface area contributed by atoms with Crippen LogP contribution in [0.4, 0.5) is 5.00 Å². The Morgan fingerprint density at radius 2 is 2.06 bits per heavy atom. The number of carbonyl (C=O) groups excluding carboxylic acids is 2. The van der Waals surface area contributed by atoms with Gasteiger partial charge in [-0.25, -0.2) is 4.98 Å². The zero-order chi connectivity index (χ0) is 22.9. The van der Waals surface area contributed by atoms with Gasteiger partial charge < -0.3 is 11.1 Å². The lowest BCUT2D eigenvalue weighted by Crippen LogP contribution is -2.20. The molecular formula is C26H25N3O2S2. The van der Waals surface area contributed by atoms with Gasteiger partial charge in [-0.3, -0.25) is 9.59 Å². The third-order valence-corrected chi connectivity index (χ3v) is 8.33. The van der Waals surface area contributed by atoms with E-state index in [0.717, 1.165) is 52.7 Å². The van der Waals surface area contributed by atoms with Crippen molar-refractivity contribution in [2.45, 2.75) is 39.0 Å². The molecule has 1 aliphatic carbocycles. The zero-order valence-corrected chi connectivity index (χ0v) is 20.0. The number of aromatic nitrogens is 1. The first-order chi connectivity index (χ1) is 16.0. The lowest BCUT2D eigenvalue weighted by molar-refractivity contribution is 0.1000. The molecule has 0 saturated carbocycles. The number of hydrogen-bond donors (Lipinski definition) is 2. The standard InChI is InChI=1S/C26H25N3O2S2/c1-2-6-15-10-11-17-22(13-15)33-26(23(17)24(27)30)29-25(31)18-14-20(21-9-5-12-32-21)28-19-8-4-3-7-16(18)19/h3-5,7-9,12,14-15H,2,6,10-11,13H2,1H3,(H2,27,30)(H,29,31). The first kappa shape index (κ1) is 21.8. The Bertz CT molecular complexity index is 1340. The van der Waals surface area contributed by atoms with E-state index in [1.165, 1.54) is 22.6 Å². The predicted molar refractivity (Wildman–Crippen MR) is 136 cm³/mol. The molecule has 0 saturated heterocycles. The Kier molecular flexibility index (Phi) is 6.00. The summed E-state index contributed by atoms with van der Waals surface area (Å²) >= 11 is 3.09. The van der Waals surface area contributed by atoms with E-state index in [0.29, 0.717) is 22.0 Å². The first-order valence-electron chi connectivity index (χ1n) is 11.2. The number of carbonyl (C=O) groups is 2. The van der Waals surface area contributed by atoms with Crippen molar-refractivity contribution in [3.05, 3.63) is 69.4 Å². The summed E-state index contributed by atoms with van der Waals surface area (Å²) in [4.78, 5) is 32.8. The fraction of sp³-hybridized carbons (Fsp3) is 0.269. The van der Waals surface area contributed by atoms with E-state index in [1.54, 1.807) is 11.3 Å². The van der Waals surface area contributed by atoms with Crippen molar-refractivity contribution < 1.29 is 9.59 Å². The molecule has 0 radical (unpaired) electrons. The van der Waals surface area contributed by atoms with Gasteiger partial charge in [-0.05, 0) is 54.3 Å². The highest BCUT2D eigenvalue weighted by atomic mass is 32.1. The highest BCUT2D eigenvalue weighted by Crippen LogP contribution is 2.41. The van der Waals surface area contributed by atoms with Gasteiger partial charge in [0, 0.05) is 10.3 Å². The Morgan fingerprint density at radius 3 is 2.82 bits per heavy atom. The van der Waals surface area contributed by atoms with Gasteiger partial charge in [-0.15, -0.1) is 22.7 Å². The highest BCUT2D eigenvalue weighted by Gasteiger charge is 2.29. The number of hydrogen-bond acceptors (Lipinski definition) is 5. The molecule has 3 heterocycles. The number of rotatable bonds is 6. The number of thiophene rings is 2. The molecule has 2 amide bonds. The van der Waals surface area contributed by atoms with Crippen LogP contribution in [0, 0.1) is 5.92 Å². The lowest BCUT2D eigenvalue weighted by atomic mass is 9.84. The van der Waals surface area contributed by atoms with Crippen molar-refractivity contribution in [3.63, 3.8) is 0 Å². The number of fused-ring (bicyclic) bond motifs is 2. The van der Waals surface area contributed by atoms with Crippen LogP contribution in [0.2, 0.25) is 0 Å². The zero-order valence-electron chi connectivity index (χ0n) is 18.4. The van der Waals surface area contributed by atoms with Gasteiger partial charge in [0.15, 0.2) is 0 Å². The maximum atomic E-state index is 13.5. The third kappa shape index (κ3) is 4.18. The van der Waals surface area contributed by atoms with Crippen LogP contribution in [0.25, 0.3) is 21.5 Å². The number of nitrogens with zero attached hydrogens (tertiary/aromatic N) is 1. The van der Waals surface area contributed by atoms with Crippen molar-refractivity contribution in [3.8, 4) is 10.6 Å². The number of para-hydroxylation sites is 1. The van der Waals surface area contributed by atoms with Crippen LogP contribution in [-0.2, 0) is 12.8 Å². The number of benzene rings is 1. The molecule has 7 heteroatoms. The average Bonchev–Trinajstić information content (AvgIpc) is 3.46. The normalized spacial score (nSPS) is 15.4. The lowest BCUT2D eigenvalue weighted by Gasteiger charge is -2.21. The summed E-state index contributed by atoms with van der Waals surface area (Å²) in [5, 5.41) is 6.37. The fourth-order valence-electron chi connectivity index (χ4n) is 4.74.